The number of hydrogen-bond acceptors (Lipinski definition) is 14. The van der Waals surface area contributed by atoms with Crippen LogP contribution in [0.4, 0.5) is 4.79 Å². The largest absolute Gasteiger partial charge is 0.370 e. The molecule has 16 N–H and O–H groups in total. The molecule has 0 bridgehead atoms. The van der Waals surface area contributed by atoms with Crippen LogP contribution in [0.1, 0.15) is 94.9 Å². The molecule has 0 radical (unpaired) electrons. The molecule has 1 saturated carbocycles. The Kier molecular flexibility index (Phi) is 23.7. The number of guanidine groups is 1. The van der Waals surface area contributed by atoms with Gasteiger partial charge in [-0.3, -0.25) is 48.1 Å². The highest BCUT2D eigenvalue weighted by molar-refractivity contribution is 7.80. The third-order valence-corrected chi connectivity index (χ3v) is 15.3. The Morgan fingerprint density at radius 3 is 1.87 bits per heavy atom. The monoisotopic (exact) mass is 1180 g/mol. The summed E-state index contributed by atoms with van der Waals surface area (Å²) in [7, 11) is 0. The number of imidazole rings is 1. The SMILES string of the molecule is CCCC[C@@H](C(=O)N[C@@H](CS)C(=O)N[C@H](C)C(=O)N[C@@H](Cc1cnc[nH]1)C(=O)N[C@H](Cc1ccccc1)C(=O)N[C@@H](CCCN=C(N)N)C(=O)N[C@@H](Cc1c[nH]c2ccccc12)C(=O)N[C@@H](CS)C(N)=O)N1C(=O)NC2(CCCCC2)C1=O. The number of para-hydroxylation sites is 1. The molecule has 2 aliphatic rings. The first-order chi connectivity index (χ1) is 39.8. The van der Waals surface area contributed by atoms with E-state index in [1.165, 1.54) is 19.4 Å². The maximum Gasteiger partial charge on any atom is 0.325 e. The van der Waals surface area contributed by atoms with Crippen molar-refractivity contribution in [3.63, 3.8) is 0 Å². The van der Waals surface area contributed by atoms with Crippen LogP contribution in [0.5, 0.6) is 0 Å². The lowest BCUT2D eigenvalue weighted by Crippen LogP contribution is -2.61. The maximum absolute atomic E-state index is 14.7. The van der Waals surface area contributed by atoms with Gasteiger partial charge in [-0.1, -0.05) is 87.6 Å². The summed E-state index contributed by atoms with van der Waals surface area (Å²) in [5.74, 6) is -7.60. The van der Waals surface area contributed by atoms with Crippen LogP contribution in [0.2, 0.25) is 0 Å². The predicted molar refractivity (Wildman–Crippen MR) is 315 cm³/mol. The van der Waals surface area contributed by atoms with Gasteiger partial charge < -0.3 is 69.7 Å². The van der Waals surface area contributed by atoms with Crippen LogP contribution in [0, 0.1) is 0 Å². The van der Waals surface area contributed by atoms with E-state index in [0.29, 0.717) is 42.5 Å². The van der Waals surface area contributed by atoms with Crippen LogP contribution in [0.25, 0.3) is 10.9 Å². The minimum atomic E-state index is -1.42. The van der Waals surface area contributed by atoms with Gasteiger partial charge in [-0.15, -0.1) is 0 Å². The van der Waals surface area contributed by atoms with Gasteiger partial charge in [0.1, 0.15) is 53.9 Å². The number of hydrogen-bond donors (Lipinski definition) is 15. The number of H-pyrrole nitrogens is 2. The lowest BCUT2D eigenvalue weighted by Gasteiger charge is -2.32. The molecule has 11 amide bonds. The zero-order chi connectivity index (χ0) is 60.2. The topological polar surface area (TPSA) is 405 Å². The number of amides is 11. The van der Waals surface area contributed by atoms with Gasteiger partial charge in [0.2, 0.25) is 47.3 Å². The lowest BCUT2D eigenvalue weighted by molar-refractivity contribution is -0.140. The van der Waals surface area contributed by atoms with Crippen molar-refractivity contribution in [3.05, 3.63) is 90.1 Å². The lowest BCUT2D eigenvalue weighted by atomic mass is 9.81. The fourth-order valence-corrected chi connectivity index (χ4v) is 10.5. The van der Waals surface area contributed by atoms with Crippen molar-refractivity contribution in [1.29, 1.82) is 0 Å². The molecule has 83 heavy (non-hydrogen) atoms. The van der Waals surface area contributed by atoms with E-state index in [0.717, 1.165) is 35.1 Å². The number of imide groups is 1. The Labute approximate surface area is 491 Å². The molecule has 2 fully saturated rings. The number of fused-ring (bicyclic) bond motifs is 1. The van der Waals surface area contributed by atoms with Crippen molar-refractivity contribution in [2.45, 2.75) is 151 Å². The highest BCUT2D eigenvalue weighted by Crippen LogP contribution is 2.35. The number of aliphatic imine (C=N–C) groups is 1. The fraction of sp³-hybridized carbons (Fsp3) is 0.491. The molecule has 4 aromatic rings. The quantitative estimate of drug-likeness (QED) is 0.00999. The molecule has 1 saturated heterocycles. The van der Waals surface area contributed by atoms with Crippen LogP contribution in [0.15, 0.2) is 78.3 Å². The minimum Gasteiger partial charge on any atom is -0.370 e. The summed E-state index contributed by atoms with van der Waals surface area (Å²) in [4.78, 5) is 154. The molecule has 2 aromatic carbocycles. The second-order valence-electron chi connectivity index (χ2n) is 20.8. The van der Waals surface area contributed by atoms with Crippen LogP contribution in [0.3, 0.4) is 0 Å². The standard InChI is InChI=1S/C55H76N16O10S2/c1-3-4-19-43(71-52(80)55(70-54(71)81)20-11-6-12-21-55)51(79)69-42(29-83)50(78)63-31(2)45(73)65-40(25-34-27-59-30-62-34)49(77)66-38(23-32-14-7-5-8-15-32)47(75)64-37(18-13-22-60-53(57)58)46(74)67-39(48(76)68-41(28-82)44(56)72)24-33-26-61-36-17-10-9-16-35(33)36/h5,7-10,14-17,26-27,30-31,37-43,61,82-83H,3-4,6,11-13,18-25,28-29H2,1-2H3,(H2,56,72)(H,59,62)(H,63,78)(H,64,75)(H,65,73)(H,66,77)(H,67,74)(H,68,76)(H,69,79)(H,70,81)(H4,57,58,60)/t31-,37+,38-,39+,40+,41+,42+,43+/m1/s1. The van der Waals surface area contributed by atoms with Crippen molar-refractivity contribution >= 4 is 101 Å². The number of nitrogens with two attached hydrogens (primary N) is 3. The number of nitrogens with one attached hydrogen (secondary N) is 10. The van der Waals surface area contributed by atoms with E-state index in [4.69, 9.17) is 17.2 Å². The molecule has 2 aromatic heterocycles. The van der Waals surface area contributed by atoms with Crippen molar-refractivity contribution in [2.24, 2.45) is 22.2 Å². The number of unbranched alkanes of at least 4 members (excludes halogenated alkanes) is 1. The van der Waals surface area contributed by atoms with Gasteiger partial charge in [-0.05, 0) is 56.2 Å². The van der Waals surface area contributed by atoms with Gasteiger partial charge in [0.25, 0.3) is 5.91 Å². The van der Waals surface area contributed by atoms with Gasteiger partial charge in [0, 0.05) is 66.3 Å². The van der Waals surface area contributed by atoms with Crippen molar-refractivity contribution in [3.8, 4) is 0 Å². The summed E-state index contributed by atoms with van der Waals surface area (Å²) in [6, 6.07) is 4.67. The van der Waals surface area contributed by atoms with Gasteiger partial charge in [-0.2, -0.15) is 25.3 Å². The molecule has 26 nitrogen and oxygen atoms in total. The normalized spacial score (nSPS) is 16.6. The van der Waals surface area contributed by atoms with Crippen LogP contribution >= 0.6 is 25.3 Å². The predicted octanol–water partition coefficient (Wildman–Crippen LogP) is -0.456. The third kappa shape index (κ3) is 17.7. The number of urea groups is 1. The third-order valence-electron chi connectivity index (χ3n) is 14.6. The van der Waals surface area contributed by atoms with Crippen LogP contribution < -0.4 is 59.7 Å². The molecule has 8 atom stereocenters. The Morgan fingerprint density at radius 1 is 0.663 bits per heavy atom. The van der Waals surface area contributed by atoms with Gasteiger partial charge in [-0.25, -0.2) is 14.7 Å². The summed E-state index contributed by atoms with van der Waals surface area (Å²) in [6.07, 6.45) is 8.80. The second kappa shape index (κ2) is 30.8. The van der Waals surface area contributed by atoms with Crippen LogP contribution in [-0.2, 0) is 62.4 Å². The number of carbonyl (C=O) groups is 10. The number of nitrogens with zero attached hydrogens (tertiary/aromatic N) is 3. The highest BCUT2D eigenvalue weighted by atomic mass is 32.1. The van der Waals surface area contributed by atoms with Gasteiger partial charge >= 0.3 is 6.03 Å². The number of carbonyl (C=O) groups excluding carboxylic acids is 10. The summed E-state index contributed by atoms with van der Waals surface area (Å²) < 4.78 is 0. The van der Waals surface area contributed by atoms with E-state index in [-0.39, 0.29) is 62.5 Å². The van der Waals surface area contributed by atoms with Crippen molar-refractivity contribution in [1.82, 2.24) is 62.4 Å². The van der Waals surface area contributed by atoms with E-state index in [1.54, 1.807) is 36.5 Å². The number of aromatic nitrogens is 3. The van der Waals surface area contributed by atoms with Crippen molar-refractivity contribution in [2.75, 3.05) is 18.1 Å². The Balaban J connectivity index is 1.20. The average Bonchev–Trinajstić information content (AvgIpc) is 4.32. The first kappa shape index (κ1) is 64.0. The first-order valence-corrected chi connectivity index (χ1v) is 28.9. The Morgan fingerprint density at radius 2 is 1.24 bits per heavy atom. The number of primary amides is 1. The molecule has 0 unspecified atom stereocenters. The van der Waals surface area contributed by atoms with E-state index >= 15 is 0 Å². The molecular weight excluding hydrogens is 1110 g/mol. The van der Waals surface area contributed by atoms with Crippen LogP contribution in [-0.4, -0.2) is 157 Å². The first-order valence-electron chi connectivity index (χ1n) is 27.7. The Bertz CT molecular complexity index is 2950. The molecule has 6 rings (SSSR count). The summed E-state index contributed by atoms with van der Waals surface area (Å²) in [5, 5.41) is 22.2. The maximum atomic E-state index is 14.7. The van der Waals surface area contributed by atoms with Gasteiger partial charge in [0.05, 0.1) is 6.33 Å². The summed E-state index contributed by atoms with van der Waals surface area (Å²) in [5.41, 5.74) is 18.0. The van der Waals surface area contributed by atoms with E-state index < -0.39 is 113 Å². The van der Waals surface area contributed by atoms with E-state index in [2.05, 4.69) is 87.7 Å². The number of aromatic amines is 2. The molecule has 3 heterocycles. The van der Waals surface area contributed by atoms with E-state index in [1.807, 2.05) is 31.2 Å². The second-order valence-corrected chi connectivity index (χ2v) is 21.5. The zero-order valence-electron chi connectivity index (χ0n) is 46.4. The summed E-state index contributed by atoms with van der Waals surface area (Å²) >= 11 is 8.47. The zero-order valence-corrected chi connectivity index (χ0v) is 48.2. The fourth-order valence-electron chi connectivity index (χ4n) is 10.0. The molecule has 448 valence electrons. The number of thiol groups is 2. The Hall–Kier alpha value is -8.14. The molecule has 1 aliphatic heterocycles. The minimum absolute atomic E-state index is 0.0481. The average molecular weight is 1190 g/mol. The smallest absolute Gasteiger partial charge is 0.325 e. The van der Waals surface area contributed by atoms with Crippen molar-refractivity contribution < 1.29 is 47.9 Å². The number of rotatable bonds is 31. The number of benzene rings is 2. The highest BCUT2D eigenvalue weighted by Gasteiger charge is 2.54. The summed E-state index contributed by atoms with van der Waals surface area (Å²) in [6.45, 7) is 3.30. The molecule has 1 spiro atoms. The molecular formula is C55H76N16O10S2. The van der Waals surface area contributed by atoms with E-state index in [9.17, 15) is 47.9 Å². The molecule has 28 heteroatoms. The molecule has 1 aliphatic carbocycles. The van der Waals surface area contributed by atoms with Gasteiger partial charge in [0.15, 0.2) is 5.96 Å².